The second-order valence-electron chi connectivity index (χ2n) is 6.51. The van der Waals surface area contributed by atoms with E-state index >= 15 is 0 Å². The van der Waals surface area contributed by atoms with Crippen LogP contribution >= 0.6 is 0 Å². The van der Waals surface area contributed by atoms with E-state index in [1.807, 2.05) is 24.3 Å². The molecular formula is C21H19FN6O2. The normalized spacial score (nSPS) is 10.9. The molecule has 2 heterocycles. The van der Waals surface area contributed by atoms with E-state index in [4.69, 9.17) is 10.5 Å². The summed E-state index contributed by atoms with van der Waals surface area (Å²) in [5, 5.41) is 10.5. The highest BCUT2D eigenvalue weighted by atomic mass is 19.1. The number of nitrogens with two attached hydrogens (primary N) is 1. The first-order valence-corrected chi connectivity index (χ1v) is 9.31. The van der Waals surface area contributed by atoms with Gasteiger partial charge in [-0.15, -0.1) is 0 Å². The Balaban J connectivity index is 1.49. The number of nitrogens with zero attached hydrogens (tertiary/aromatic N) is 3. The topological polar surface area (TPSA) is 119 Å². The molecule has 0 saturated heterocycles. The predicted octanol–water partition coefficient (Wildman–Crippen LogP) is 3.07. The molecule has 8 nitrogen and oxygen atoms in total. The SMILES string of the molecule is CCOc1ccc(F)cc1C(=O)NCc1ccc(-c2[nH]nc3ncnc(N)c23)cc1. The fraction of sp³-hybridized carbons (Fsp3) is 0.143. The number of amides is 1. The van der Waals surface area contributed by atoms with E-state index in [0.29, 0.717) is 29.2 Å². The molecule has 0 atom stereocenters. The lowest BCUT2D eigenvalue weighted by Crippen LogP contribution is -2.23. The van der Waals surface area contributed by atoms with E-state index in [1.165, 1.54) is 24.5 Å². The quantitative estimate of drug-likeness (QED) is 0.453. The average Bonchev–Trinajstić information content (AvgIpc) is 3.19. The number of nitrogen functional groups attached to an aromatic ring is 1. The molecule has 0 aliphatic rings. The molecule has 152 valence electrons. The fourth-order valence-electron chi connectivity index (χ4n) is 3.12. The van der Waals surface area contributed by atoms with Gasteiger partial charge in [-0.05, 0) is 30.7 Å². The van der Waals surface area contributed by atoms with Crippen molar-refractivity contribution in [3.8, 4) is 17.0 Å². The summed E-state index contributed by atoms with van der Waals surface area (Å²) in [4.78, 5) is 20.6. The number of benzene rings is 2. The van der Waals surface area contributed by atoms with Crippen molar-refractivity contribution in [2.24, 2.45) is 0 Å². The van der Waals surface area contributed by atoms with Crippen molar-refractivity contribution in [1.29, 1.82) is 0 Å². The first-order valence-electron chi connectivity index (χ1n) is 9.31. The Kier molecular flexibility index (Phi) is 5.25. The van der Waals surface area contributed by atoms with Gasteiger partial charge in [-0.1, -0.05) is 24.3 Å². The lowest BCUT2D eigenvalue weighted by Gasteiger charge is -2.11. The molecule has 0 aliphatic heterocycles. The number of anilines is 1. The molecule has 1 amide bonds. The van der Waals surface area contributed by atoms with E-state index in [0.717, 1.165) is 16.8 Å². The van der Waals surface area contributed by atoms with E-state index in [2.05, 4.69) is 25.5 Å². The molecule has 30 heavy (non-hydrogen) atoms. The molecule has 0 aliphatic carbocycles. The summed E-state index contributed by atoms with van der Waals surface area (Å²) in [6, 6.07) is 11.4. The Bertz CT molecular complexity index is 1210. The highest BCUT2D eigenvalue weighted by Gasteiger charge is 2.15. The molecule has 9 heteroatoms. The van der Waals surface area contributed by atoms with Crippen LogP contribution in [0.4, 0.5) is 10.2 Å². The molecule has 0 unspecified atom stereocenters. The Hall–Kier alpha value is -4.01. The Labute approximate surface area is 171 Å². The lowest BCUT2D eigenvalue weighted by molar-refractivity contribution is 0.0946. The van der Waals surface area contributed by atoms with Gasteiger partial charge in [0.05, 0.1) is 23.3 Å². The van der Waals surface area contributed by atoms with Gasteiger partial charge >= 0.3 is 0 Å². The number of hydrogen-bond donors (Lipinski definition) is 3. The third-order valence-corrected chi connectivity index (χ3v) is 4.56. The lowest BCUT2D eigenvalue weighted by atomic mass is 10.1. The average molecular weight is 406 g/mol. The van der Waals surface area contributed by atoms with Crippen LogP contribution in [0.5, 0.6) is 5.75 Å². The minimum Gasteiger partial charge on any atom is -0.493 e. The van der Waals surface area contributed by atoms with Crippen LogP contribution in [0.2, 0.25) is 0 Å². The number of aromatic nitrogens is 4. The number of fused-ring (bicyclic) bond motifs is 1. The van der Waals surface area contributed by atoms with Crippen LogP contribution in [-0.4, -0.2) is 32.7 Å². The summed E-state index contributed by atoms with van der Waals surface area (Å²) >= 11 is 0. The molecular weight excluding hydrogens is 387 g/mol. The van der Waals surface area contributed by atoms with Crippen molar-refractivity contribution in [3.63, 3.8) is 0 Å². The predicted molar refractivity (Wildman–Crippen MR) is 110 cm³/mol. The molecule has 4 N–H and O–H groups in total. The van der Waals surface area contributed by atoms with E-state index in [9.17, 15) is 9.18 Å². The first-order chi connectivity index (χ1) is 14.6. The Morgan fingerprint density at radius 1 is 1.20 bits per heavy atom. The number of carbonyl (C=O) groups is 1. The van der Waals surface area contributed by atoms with Gasteiger partial charge in [0.2, 0.25) is 0 Å². The summed E-state index contributed by atoms with van der Waals surface area (Å²) in [5.41, 5.74) is 9.06. The van der Waals surface area contributed by atoms with Gasteiger partial charge < -0.3 is 15.8 Å². The van der Waals surface area contributed by atoms with Crippen LogP contribution < -0.4 is 15.8 Å². The standard InChI is InChI=1S/C21H19FN6O2/c1-2-30-16-8-7-14(22)9-15(16)21(29)24-10-12-3-5-13(6-4-12)18-17-19(23)25-11-26-20(17)28-27-18/h3-9,11H,2,10H2,1H3,(H,24,29)(H3,23,25,26,27,28). The molecule has 0 fully saturated rings. The molecule has 0 bridgehead atoms. The van der Waals surface area contributed by atoms with Crippen LogP contribution in [0, 0.1) is 5.82 Å². The number of H-pyrrole nitrogens is 1. The van der Waals surface area contributed by atoms with Gasteiger partial charge in [-0.2, -0.15) is 5.10 Å². The van der Waals surface area contributed by atoms with Crippen molar-refractivity contribution in [3.05, 3.63) is 65.7 Å². The van der Waals surface area contributed by atoms with Gasteiger partial charge in [0, 0.05) is 12.1 Å². The fourth-order valence-corrected chi connectivity index (χ4v) is 3.12. The number of aromatic amines is 1. The zero-order chi connectivity index (χ0) is 21.1. The first kappa shape index (κ1) is 19.3. The number of nitrogens with one attached hydrogen (secondary N) is 2. The molecule has 2 aromatic carbocycles. The van der Waals surface area contributed by atoms with Gasteiger partial charge in [-0.25, -0.2) is 14.4 Å². The second-order valence-corrected chi connectivity index (χ2v) is 6.51. The smallest absolute Gasteiger partial charge is 0.255 e. The maximum absolute atomic E-state index is 13.6. The maximum atomic E-state index is 13.6. The minimum atomic E-state index is -0.497. The highest BCUT2D eigenvalue weighted by Crippen LogP contribution is 2.28. The highest BCUT2D eigenvalue weighted by molar-refractivity contribution is 5.98. The molecule has 0 spiro atoms. The van der Waals surface area contributed by atoms with Crippen molar-refractivity contribution in [2.75, 3.05) is 12.3 Å². The number of halogens is 1. The molecule has 2 aromatic heterocycles. The number of ether oxygens (including phenoxy) is 1. The van der Waals surface area contributed by atoms with Crippen LogP contribution in [0.25, 0.3) is 22.3 Å². The zero-order valence-electron chi connectivity index (χ0n) is 16.1. The summed E-state index contributed by atoms with van der Waals surface area (Å²) in [6.07, 6.45) is 1.36. The summed E-state index contributed by atoms with van der Waals surface area (Å²) < 4.78 is 19.0. The van der Waals surface area contributed by atoms with Gasteiger partial charge in [-0.3, -0.25) is 9.89 Å². The number of rotatable bonds is 6. The van der Waals surface area contributed by atoms with Crippen molar-refractivity contribution in [2.45, 2.75) is 13.5 Å². The largest absolute Gasteiger partial charge is 0.493 e. The van der Waals surface area contributed by atoms with Crippen molar-refractivity contribution >= 4 is 22.8 Å². The van der Waals surface area contributed by atoms with Crippen molar-refractivity contribution in [1.82, 2.24) is 25.5 Å². The molecule has 4 rings (SSSR count). The second kappa shape index (κ2) is 8.16. The van der Waals surface area contributed by atoms with Crippen molar-refractivity contribution < 1.29 is 13.9 Å². The number of hydrogen-bond acceptors (Lipinski definition) is 6. The van der Waals surface area contributed by atoms with E-state index in [-0.39, 0.29) is 12.1 Å². The zero-order valence-corrected chi connectivity index (χ0v) is 16.1. The number of carbonyl (C=O) groups excluding carboxylic acids is 1. The van der Waals surface area contributed by atoms with Crippen LogP contribution in [-0.2, 0) is 6.54 Å². The van der Waals surface area contributed by atoms with Crippen LogP contribution in [0.15, 0.2) is 48.8 Å². The Morgan fingerprint density at radius 2 is 2.00 bits per heavy atom. The van der Waals surface area contributed by atoms with Gasteiger partial charge in [0.25, 0.3) is 5.91 Å². The summed E-state index contributed by atoms with van der Waals surface area (Å²) in [5.74, 6) is -0.215. The Morgan fingerprint density at radius 3 is 2.77 bits per heavy atom. The third kappa shape index (κ3) is 3.77. The molecule has 4 aromatic rings. The van der Waals surface area contributed by atoms with Gasteiger partial charge in [0.15, 0.2) is 5.65 Å². The monoisotopic (exact) mass is 406 g/mol. The maximum Gasteiger partial charge on any atom is 0.255 e. The van der Waals surface area contributed by atoms with E-state index in [1.54, 1.807) is 6.92 Å². The van der Waals surface area contributed by atoms with Crippen LogP contribution in [0.1, 0.15) is 22.8 Å². The van der Waals surface area contributed by atoms with Gasteiger partial charge in [0.1, 0.15) is 23.7 Å². The third-order valence-electron chi connectivity index (χ3n) is 4.56. The minimum absolute atomic E-state index is 0.160. The summed E-state index contributed by atoms with van der Waals surface area (Å²) in [7, 11) is 0. The van der Waals surface area contributed by atoms with E-state index < -0.39 is 11.7 Å². The van der Waals surface area contributed by atoms with Crippen LogP contribution in [0.3, 0.4) is 0 Å². The molecule has 0 radical (unpaired) electrons. The summed E-state index contributed by atoms with van der Waals surface area (Å²) in [6.45, 7) is 2.45. The molecule has 0 saturated carbocycles.